The fourth-order valence-corrected chi connectivity index (χ4v) is 2.71. The minimum Gasteiger partial charge on any atom is -0.399 e. The molecule has 3 aromatic carbocycles. The number of benzene rings is 3. The summed E-state index contributed by atoms with van der Waals surface area (Å²) in [5, 5.41) is 4.26. The molecule has 28 heavy (non-hydrogen) atoms. The standard InChI is InChI=1S/C22H21FN2O.C2H6/c1-15-3-12-21(22(13-15)18-6-8-19(23)9-7-18)16(2)25-26-14-17-4-10-20(24)11-5-17;1-2/h3-13H,14,24H2,1-2H3;1-2H3/b25-16+;. The lowest BCUT2D eigenvalue weighted by Crippen LogP contribution is -2.00. The second-order valence-corrected chi connectivity index (χ2v) is 6.25. The number of nitrogens with zero attached hydrogens (tertiary/aromatic N) is 1. The molecule has 0 aromatic heterocycles. The van der Waals surface area contributed by atoms with E-state index in [1.807, 2.05) is 64.1 Å². The van der Waals surface area contributed by atoms with Gasteiger partial charge >= 0.3 is 0 Å². The maximum absolute atomic E-state index is 13.2. The van der Waals surface area contributed by atoms with Crippen molar-refractivity contribution in [1.82, 2.24) is 0 Å². The molecule has 0 spiro atoms. The van der Waals surface area contributed by atoms with E-state index in [0.717, 1.165) is 39.2 Å². The predicted molar refractivity (Wildman–Crippen MR) is 116 cm³/mol. The van der Waals surface area contributed by atoms with Gasteiger partial charge in [0.25, 0.3) is 0 Å². The van der Waals surface area contributed by atoms with Gasteiger partial charge in [0.05, 0.1) is 5.71 Å². The molecule has 0 bridgehead atoms. The van der Waals surface area contributed by atoms with Crippen molar-refractivity contribution in [3.63, 3.8) is 0 Å². The van der Waals surface area contributed by atoms with E-state index in [0.29, 0.717) is 6.61 Å². The van der Waals surface area contributed by atoms with Gasteiger partial charge in [-0.3, -0.25) is 0 Å². The van der Waals surface area contributed by atoms with Crippen LogP contribution in [0.15, 0.2) is 71.9 Å². The van der Waals surface area contributed by atoms with Gasteiger partial charge in [0.1, 0.15) is 12.4 Å². The first kappa shape index (κ1) is 21.2. The number of rotatable bonds is 5. The van der Waals surface area contributed by atoms with Crippen LogP contribution in [0.2, 0.25) is 0 Å². The number of halogens is 1. The summed E-state index contributed by atoms with van der Waals surface area (Å²) >= 11 is 0. The molecule has 0 saturated heterocycles. The first-order chi connectivity index (χ1) is 13.5. The van der Waals surface area contributed by atoms with Crippen molar-refractivity contribution in [2.75, 3.05) is 5.73 Å². The topological polar surface area (TPSA) is 47.6 Å². The number of hydrogen-bond donors (Lipinski definition) is 1. The number of anilines is 1. The fourth-order valence-electron chi connectivity index (χ4n) is 2.71. The lowest BCUT2D eigenvalue weighted by Gasteiger charge is -2.11. The first-order valence-electron chi connectivity index (χ1n) is 9.41. The van der Waals surface area contributed by atoms with E-state index >= 15 is 0 Å². The largest absolute Gasteiger partial charge is 0.399 e. The number of oxime groups is 1. The molecule has 2 N–H and O–H groups in total. The summed E-state index contributed by atoms with van der Waals surface area (Å²) in [6, 6.07) is 20.1. The second-order valence-electron chi connectivity index (χ2n) is 6.25. The van der Waals surface area contributed by atoms with E-state index in [9.17, 15) is 4.39 Å². The quantitative estimate of drug-likeness (QED) is 0.319. The van der Waals surface area contributed by atoms with E-state index in [2.05, 4.69) is 11.2 Å². The van der Waals surface area contributed by atoms with Gasteiger partial charge in [0, 0.05) is 11.3 Å². The Morgan fingerprint density at radius 1 is 0.964 bits per heavy atom. The molecule has 0 aliphatic heterocycles. The van der Waals surface area contributed by atoms with Crippen molar-refractivity contribution in [3.05, 3.63) is 89.2 Å². The van der Waals surface area contributed by atoms with E-state index in [1.165, 1.54) is 12.1 Å². The van der Waals surface area contributed by atoms with Gasteiger partial charge < -0.3 is 10.6 Å². The molecule has 4 heteroatoms. The number of nitrogen functional groups attached to an aromatic ring is 1. The van der Waals surface area contributed by atoms with Crippen molar-refractivity contribution < 1.29 is 9.23 Å². The average molecular weight is 378 g/mol. The van der Waals surface area contributed by atoms with Crippen molar-refractivity contribution in [3.8, 4) is 11.1 Å². The minimum atomic E-state index is -0.250. The van der Waals surface area contributed by atoms with Crippen LogP contribution in [0.4, 0.5) is 10.1 Å². The van der Waals surface area contributed by atoms with E-state index in [1.54, 1.807) is 12.1 Å². The van der Waals surface area contributed by atoms with Gasteiger partial charge in [-0.1, -0.05) is 67.0 Å². The summed E-state index contributed by atoms with van der Waals surface area (Å²) in [5.41, 5.74) is 12.2. The molecular weight excluding hydrogens is 351 g/mol. The molecule has 0 atom stereocenters. The lowest BCUT2D eigenvalue weighted by molar-refractivity contribution is 0.130. The third-order valence-corrected chi connectivity index (χ3v) is 4.13. The molecule has 0 saturated carbocycles. The van der Waals surface area contributed by atoms with Crippen LogP contribution in [0.25, 0.3) is 11.1 Å². The summed E-state index contributed by atoms with van der Waals surface area (Å²) in [7, 11) is 0. The molecule has 146 valence electrons. The number of nitrogens with two attached hydrogens (primary N) is 1. The summed E-state index contributed by atoms with van der Waals surface area (Å²) in [6.45, 7) is 8.30. The third kappa shape index (κ3) is 5.68. The van der Waals surface area contributed by atoms with Crippen molar-refractivity contribution in [1.29, 1.82) is 0 Å². The normalized spacial score (nSPS) is 10.8. The maximum atomic E-state index is 13.2. The first-order valence-corrected chi connectivity index (χ1v) is 9.41. The molecule has 3 nitrogen and oxygen atoms in total. The van der Waals surface area contributed by atoms with Gasteiger partial charge in [-0.2, -0.15) is 0 Å². The van der Waals surface area contributed by atoms with Gasteiger partial charge in [-0.25, -0.2) is 4.39 Å². The highest BCUT2D eigenvalue weighted by Gasteiger charge is 2.09. The van der Waals surface area contributed by atoms with Gasteiger partial charge in [-0.05, 0) is 54.8 Å². The Hall–Kier alpha value is -3.14. The molecule has 0 heterocycles. The Morgan fingerprint density at radius 2 is 1.61 bits per heavy atom. The Balaban J connectivity index is 0.00000136. The van der Waals surface area contributed by atoms with Crippen LogP contribution in [0.1, 0.15) is 37.5 Å². The van der Waals surface area contributed by atoms with Crippen molar-refractivity contribution >= 4 is 11.4 Å². The molecule has 3 aromatic rings. The Kier molecular flexibility index (Phi) is 7.76. The van der Waals surface area contributed by atoms with E-state index in [-0.39, 0.29) is 5.82 Å². The van der Waals surface area contributed by atoms with Crippen LogP contribution in [-0.2, 0) is 11.4 Å². The van der Waals surface area contributed by atoms with Gasteiger partial charge in [0.2, 0.25) is 0 Å². The molecular formula is C24H27FN2O. The van der Waals surface area contributed by atoms with Crippen LogP contribution in [0.5, 0.6) is 0 Å². The highest BCUT2D eigenvalue weighted by atomic mass is 19.1. The summed E-state index contributed by atoms with van der Waals surface area (Å²) in [6.07, 6.45) is 0. The van der Waals surface area contributed by atoms with Crippen molar-refractivity contribution in [2.45, 2.75) is 34.3 Å². The molecule has 0 unspecified atom stereocenters. The minimum absolute atomic E-state index is 0.250. The molecule has 0 aliphatic carbocycles. The zero-order valence-electron chi connectivity index (χ0n) is 16.9. The Morgan fingerprint density at radius 3 is 2.25 bits per heavy atom. The molecule has 3 rings (SSSR count). The fraction of sp³-hybridized carbons (Fsp3) is 0.208. The molecule has 0 fully saturated rings. The van der Waals surface area contributed by atoms with Gasteiger partial charge in [0.15, 0.2) is 0 Å². The average Bonchev–Trinajstić information content (AvgIpc) is 2.71. The Bertz CT molecular complexity index is 916. The SMILES string of the molecule is C/C(=N\OCc1ccc(N)cc1)c1ccc(C)cc1-c1ccc(F)cc1.CC. The highest BCUT2D eigenvalue weighted by Crippen LogP contribution is 2.26. The van der Waals surface area contributed by atoms with Crippen LogP contribution in [0.3, 0.4) is 0 Å². The molecule has 0 amide bonds. The van der Waals surface area contributed by atoms with Crippen LogP contribution < -0.4 is 5.73 Å². The highest BCUT2D eigenvalue weighted by molar-refractivity contribution is 6.04. The van der Waals surface area contributed by atoms with Crippen LogP contribution in [0, 0.1) is 12.7 Å². The summed E-state index contributed by atoms with van der Waals surface area (Å²) in [5.74, 6) is -0.250. The van der Waals surface area contributed by atoms with Crippen molar-refractivity contribution in [2.24, 2.45) is 5.16 Å². The summed E-state index contributed by atoms with van der Waals surface area (Å²) in [4.78, 5) is 5.50. The maximum Gasteiger partial charge on any atom is 0.142 e. The zero-order chi connectivity index (χ0) is 20.5. The lowest BCUT2D eigenvalue weighted by atomic mass is 9.95. The van der Waals surface area contributed by atoms with Crippen LogP contribution in [-0.4, -0.2) is 5.71 Å². The van der Waals surface area contributed by atoms with Crippen LogP contribution >= 0.6 is 0 Å². The monoisotopic (exact) mass is 378 g/mol. The number of aryl methyl sites for hydroxylation is 1. The summed E-state index contributed by atoms with van der Waals surface area (Å²) < 4.78 is 13.2. The molecule has 0 aliphatic rings. The second kappa shape index (κ2) is 10.3. The van der Waals surface area contributed by atoms with E-state index < -0.39 is 0 Å². The Labute approximate surface area is 166 Å². The smallest absolute Gasteiger partial charge is 0.142 e. The predicted octanol–water partition coefficient (Wildman–Crippen LogP) is 6.35. The molecule has 0 radical (unpaired) electrons. The number of hydrogen-bond acceptors (Lipinski definition) is 3. The van der Waals surface area contributed by atoms with E-state index in [4.69, 9.17) is 10.6 Å². The zero-order valence-corrected chi connectivity index (χ0v) is 16.9. The third-order valence-electron chi connectivity index (χ3n) is 4.13. The van der Waals surface area contributed by atoms with Gasteiger partial charge in [-0.15, -0.1) is 0 Å².